The fourth-order valence-corrected chi connectivity index (χ4v) is 3.33. The van der Waals surface area contributed by atoms with Crippen molar-refractivity contribution in [2.75, 3.05) is 13.1 Å². The summed E-state index contributed by atoms with van der Waals surface area (Å²) in [6.45, 7) is 3.08. The summed E-state index contributed by atoms with van der Waals surface area (Å²) >= 11 is 0. The molecule has 0 bridgehead atoms. The van der Waals surface area contributed by atoms with Crippen molar-refractivity contribution >= 4 is 17.8 Å². The molecule has 0 radical (unpaired) electrons. The Hall–Kier alpha value is -3.29. The zero-order valence-electron chi connectivity index (χ0n) is 16.1. The number of imide groups is 1. The molecular formula is C21H21F2N3O3. The van der Waals surface area contributed by atoms with E-state index in [4.69, 9.17) is 0 Å². The second-order valence-electron chi connectivity index (χ2n) is 7.10. The quantitative estimate of drug-likeness (QED) is 0.730. The van der Waals surface area contributed by atoms with E-state index in [9.17, 15) is 23.2 Å². The van der Waals surface area contributed by atoms with Crippen LogP contribution in [0.25, 0.3) is 0 Å². The summed E-state index contributed by atoms with van der Waals surface area (Å²) in [6, 6.07) is 9.58. The third-order valence-electron chi connectivity index (χ3n) is 5.02. The first-order valence-corrected chi connectivity index (χ1v) is 9.13. The van der Waals surface area contributed by atoms with Crippen molar-refractivity contribution in [1.82, 2.24) is 15.5 Å². The highest BCUT2D eigenvalue weighted by Gasteiger charge is 2.50. The molecule has 2 N–H and O–H groups in total. The van der Waals surface area contributed by atoms with Crippen LogP contribution in [0, 0.1) is 18.6 Å². The van der Waals surface area contributed by atoms with Crippen LogP contribution in [-0.4, -0.2) is 35.8 Å². The van der Waals surface area contributed by atoms with Gasteiger partial charge in [0.25, 0.3) is 5.91 Å². The van der Waals surface area contributed by atoms with E-state index in [1.165, 1.54) is 6.92 Å². The number of nitrogens with zero attached hydrogens (tertiary/aromatic N) is 1. The first-order valence-electron chi connectivity index (χ1n) is 9.13. The monoisotopic (exact) mass is 401 g/mol. The van der Waals surface area contributed by atoms with Crippen LogP contribution in [0.2, 0.25) is 0 Å². The number of amides is 4. The summed E-state index contributed by atoms with van der Waals surface area (Å²) in [5.41, 5.74) is 0.101. The van der Waals surface area contributed by atoms with Gasteiger partial charge < -0.3 is 10.6 Å². The number of carbonyl (C=O) groups is 3. The van der Waals surface area contributed by atoms with Crippen LogP contribution in [0.15, 0.2) is 42.5 Å². The second-order valence-corrected chi connectivity index (χ2v) is 7.10. The lowest BCUT2D eigenvalue weighted by Crippen LogP contribution is -2.44. The van der Waals surface area contributed by atoms with E-state index in [2.05, 4.69) is 10.6 Å². The lowest BCUT2D eigenvalue weighted by atomic mass is 9.91. The van der Waals surface area contributed by atoms with Crippen LogP contribution in [0.3, 0.4) is 0 Å². The number of hydrogen-bond donors (Lipinski definition) is 2. The Kier molecular flexibility index (Phi) is 5.63. The van der Waals surface area contributed by atoms with Gasteiger partial charge in [-0.25, -0.2) is 13.6 Å². The largest absolute Gasteiger partial charge is 0.354 e. The van der Waals surface area contributed by atoms with Gasteiger partial charge in [0.05, 0.1) is 0 Å². The fourth-order valence-electron chi connectivity index (χ4n) is 3.33. The molecule has 1 saturated heterocycles. The van der Waals surface area contributed by atoms with Gasteiger partial charge in [0.2, 0.25) is 5.91 Å². The highest BCUT2D eigenvalue weighted by Crippen LogP contribution is 2.31. The van der Waals surface area contributed by atoms with Crippen LogP contribution >= 0.6 is 0 Å². The predicted molar refractivity (Wildman–Crippen MR) is 102 cm³/mol. The maximum atomic E-state index is 14.1. The maximum absolute atomic E-state index is 14.1. The highest BCUT2D eigenvalue weighted by molar-refractivity contribution is 6.09. The predicted octanol–water partition coefficient (Wildman–Crippen LogP) is 2.40. The van der Waals surface area contributed by atoms with Crippen LogP contribution < -0.4 is 10.6 Å². The number of rotatable bonds is 6. The molecule has 0 aliphatic carbocycles. The van der Waals surface area contributed by atoms with E-state index in [1.54, 1.807) is 0 Å². The average Bonchev–Trinajstić information content (AvgIpc) is 2.89. The smallest absolute Gasteiger partial charge is 0.325 e. The maximum Gasteiger partial charge on any atom is 0.325 e. The summed E-state index contributed by atoms with van der Waals surface area (Å²) in [5, 5.41) is 5.03. The number of hydrogen-bond acceptors (Lipinski definition) is 3. The summed E-state index contributed by atoms with van der Waals surface area (Å²) in [7, 11) is 0. The van der Waals surface area contributed by atoms with Crippen LogP contribution in [0.5, 0.6) is 0 Å². The Morgan fingerprint density at radius 3 is 2.62 bits per heavy atom. The van der Waals surface area contributed by atoms with Gasteiger partial charge in [-0.1, -0.05) is 24.3 Å². The SMILES string of the molecule is Cc1ccccc1CCNC(=O)CN1C(=O)NC(C)(c2cc(F)ccc2F)C1=O. The Balaban J connectivity index is 1.65. The van der Waals surface area contributed by atoms with Crippen LogP contribution in [-0.2, 0) is 21.5 Å². The normalized spacial score (nSPS) is 18.7. The highest BCUT2D eigenvalue weighted by atomic mass is 19.1. The number of nitrogens with one attached hydrogen (secondary N) is 2. The van der Waals surface area contributed by atoms with E-state index < -0.39 is 41.6 Å². The molecular weight excluding hydrogens is 380 g/mol. The molecule has 3 rings (SSSR count). The van der Waals surface area contributed by atoms with Crippen molar-refractivity contribution in [3.05, 3.63) is 70.8 Å². The van der Waals surface area contributed by atoms with E-state index in [-0.39, 0.29) is 5.56 Å². The van der Waals surface area contributed by atoms with Crippen molar-refractivity contribution in [3.8, 4) is 0 Å². The first kappa shape index (κ1) is 20.4. The molecule has 0 saturated carbocycles. The van der Waals surface area contributed by atoms with E-state index in [0.717, 1.165) is 29.3 Å². The zero-order valence-corrected chi connectivity index (χ0v) is 16.1. The molecule has 1 fully saturated rings. The van der Waals surface area contributed by atoms with Crippen LogP contribution in [0.4, 0.5) is 13.6 Å². The molecule has 1 atom stereocenters. The minimum absolute atomic E-state index is 0.293. The lowest BCUT2D eigenvalue weighted by Gasteiger charge is -2.22. The molecule has 0 aromatic heterocycles. The first-order chi connectivity index (χ1) is 13.7. The van der Waals surface area contributed by atoms with Crippen LogP contribution in [0.1, 0.15) is 23.6 Å². The molecule has 1 unspecified atom stereocenters. The summed E-state index contributed by atoms with van der Waals surface area (Å²) < 4.78 is 27.7. The zero-order chi connectivity index (χ0) is 21.2. The molecule has 6 nitrogen and oxygen atoms in total. The van der Waals surface area contributed by atoms with Crippen molar-refractivity contribution in [3.63, 3.8) is 0 Å². The van der Waals surface area contributed by atoms with Crippen molar-refractivity contribution < 1.29 is 23.2 Å². The van der Waals surface area contributed by atoms with Gasteiger partial charge in [-0.3, -0.25) is 14.5 Å². The third-order valence-corrected chi connectivity index (χ3v) is 5.02. The van der Waals surface area contributed by atoms with Crippen molar-refractivity contribution in [2.45, 2.75) is 25.8 Å². The number of halogens is 2. The third kappa shape index (κ3) is 4.11. The topological polar surface area (TPSA) is 78.5 Å². The number of carbonyl (C=O) groups excluding carboxylic acids is 3. The van der Waals surface area contributed by atoms with Gasteiger partial charge in [0.15, 0.2) is 0 Å². The molecule has 1 aliphatic rings. The van der Waals surface area contributed by atoms with Gasteiger partial charge in [0.1, 0.15) is 23.7 Å². The Bertz CT molecular complexity index is 979. The fraction of sp³-hybridized carbons (Fsp3) is 0.286. The van der Waals surface area contributed by atoms with Gasteiger partial charge in [-0.05, 0) is 49.6 Å². The molecule has 0 spiro atoms. The number of urea groups is 1. The Labute approximate surface area is 166 Å². The van der Waals surface area contributed by atoms with Gasteiger partial charge in [0, 0.05) is 12.1 Å². The lowest BCUT2D eigenvalue weighted by molar-refractivity contribution is -0.134. The molecule has 2 aromatic carbocycles. The van der Waals surface area contributed by atoms with Crippen molar-refractivity contribution in [2.24, 2.45) is 0 Å². The van der Waals surface area contributed by atoms with Crippen molar-refractivity contribution in [1.29, 1.82) is 0 Å². The molecule has 4 amide bonds. The molecule has 29 heavy (non-hydrogen) atoms. The molecule has 1 aliphatic heterocycles. The van der Waals surface area contributed by atoms with E-state index in [0.29, 0.717) is 17.9 Å². The Morgan fingerprint density at radius 1 is 1.17 bits per heavy atom. The standard InChI is InChI=1S/C21H21F2N3O3/c1-13-5-3-4-6-14(13)9-10-24-18(27)12-26-19(28)21(2,25-20(26)29)16-11-15(22)7-8-17(16)23/h3-8,11H,9-10,12H2,1-2H3,(H,24,27)(H,25,29). The summed E-state index contributed by atoms with van der Waals surface area (Å²) in [5.74, 6) is -2.91. The van der Waals surface area contributed by atoms with Gasteiger partial charge in [-0.15, -0.1) is 0 Å². The molecule has 2 aromatic rings. The minimum atomic E-state index is -1.79. The summed E-state index contributed by atoms with van der Waals surface area (Å²) in [4.78, 5) is 37.9. The number of benzene rings is 2. The van der Waals surface area contributed by atoms with Gasteiger partial charge in [-0.2, -0.15) is 0 Å². The Morgan fingerprint density at radius 2 is 1.90 bits per heavy atom. The minimum Gasteiger partial charge on any atom is -0.354 e. The van der Waals surface area contributed by atoms with E-state index >= 15 is 0 Å². The average molecular weight is 401 g/mol. The van der Waals surface area contributed by atoms with E-state index in [1.807, 2.05) is 31.2 Å². The molecule has 1 heterocycles. The summed E-state index contributed by atoms with van der Waals surface area (Å²) in [6.07, 6.45) is 0.602. The molecule has 152 valence electrons. The van der Waals surface area contributed by atoms with Gasteiger partial charge >= 0.3 is 6.03 Å². The number of aryl methyl sites for hydroxylation is 1. The second kappa shape index (κ2) is 7.98. The molecule has 8 heteroatoms.